The van der Waals surface area contributed by atoms with E-state index in [1.807, 2.05) is 0 Å². The molecule has 0 radical (unpaired) electrons. The van der Waals surface area contributed by atoms with Crippen LogP contribution in [0.1, 0.15) is 58.8 Å². The fraction of sp³-hybridized carbons (Fsp3) is 0.800. The maximum Gasteiger partial charge on any atom is 0.426 e. The minimum atomic E-state index is -6.21. The van der Waals surface area contributed by atoms with Crippen LogP contribution < -0.4 is 0 Å². The molecule has 2 atom stereocenters. The molecule has 0 bridgehead atoms. The fourth-order valence-corrected chi connectivity index (χ4v) is 3.48. The Kier molecular flexibility index (Phi) is 9.32. The van der Waals surface area contributed by atoms with Gasteiger partial charge in [0.05, 0.1) is 0 Å². The molecule has 5 nitrogen and oxygen atoms in total. The van der Waals surface area contributed by atoms with Crippen LogP contribution in [-0.4, -0.2) is 53.1 Å². The summed E-state index contributed by atoms with van der Waals surface area (Å²) in [4.78, 5) is 23.8. The van der Waals surface area contributed by atoms with E-state index in [1.165, 1.54) is 0 Å². The van der Waals surface area contributed by atoms with E-state index < -0.39 is 66.8 Å². The molecular formula is C20H26F8O5. The van der Waals surface area contributed by atoms with Crippen LogP contribution in [0.3, 0.4) is 0 Å². The molecule has 1 N–H and O–H groups in total. The second-order valence-corrected chi connectivity index (χ2v) is 8.11. The van der Waals surface area contributed by atoms with E-state index >= 15 is 0 Å². The molecule has 0 amide bonds. The van der Waals surface area contributed by atoms with Crippen LogP contribution in [-0.2, 0) is 19.1 Å². The van der Waals surface area contributed by atoms with E-state index in [0.717, 1.165) is 13.8 Å². The number of esters is 2. The lowest BCUT2D eigenvalue weighted by atomic mass is 9.80. The topological polar surface area (TPSA) is 72.8 Å². The zero-order valence-electron chi connectivity index (χ0n) is 18.0. The summed E-state index contributed by atoms with van der Waals surface area (Å²) in [6.45, 7) is 5.44. The number of carbonyl (C=O) groups excluding carboxylic acids is 2. The van der Waals surface area contributed by atoms with Gasteiger partial charge in [0.1, 0.15) is 6.10 Å². The van der Waals surface area contributed by atoms with Gasteiger partial charge in [-0.2, -0.15) is 35.1 Å². The molecule has 13 heteroatoms. The predicted molar refractivity (Wildman–Crippen MR) is 98.1 cm³/mol. The number of hydrogen-bond acceptors (Lipinski definition) is 5. The van der Waals surface area contributed by atoms with Crippen molar-refractivity contribution in [1.29, 1.82) is 0 Å². The van der Waals surface area contributed by atoms with Crippen molar-refractivity contribution in [2.45, 2.75) is 94.9 Å². The molecule has 0 aliphatic heterocycles. The van der Waals surface area contributed by atoms with Gasteiger partial charge in [0, 0.05) is 12.0 Å². The van der Waals surface area contributed by atoms with E-state index in [2.05, 4.69) is 16.1 Å². The average Bonchev–Trinajstić information content (AvgIpc) is 2.69. The summed E-state index contributed by atoms with van der Waals surface area (Å²) in [5.74, 6) is -9.43. The third kappa shape index (κ3) is 6.80. The van der Waals surface area contributed by atoms with Crippen LogP contribution in [0.15, 0.2) is 12.2 Å². The van der Waals surface area contributed by atoms with E-state index in [1.54, 1.807) is 0 Å². The summed E-state index contributed by atoms with van der Waals surface area (Å²) >= 11 is 0. The Bertz CT molecular complexity index is 696. The highest BCUT2D eigenvalue weighted by Crippen LogP contribution is 2.48. The maximum absolute atomic E-state index is 14.6. The van der Waals surface area contributed by atoms with Crippen LogP contribution in [0.5, 0.6) is 0 Å². The van der Waals surface area contributed by atoms with Crippen molar-refractivity contribution in [3.63, 3.8) is 0 Å². The lowest BCUT2D eigenvalue weighted by Crippen LogP contribution is -2.59. The van der Waals surface area contributed by atoms with Crippen molar-refractivity contribution < 1.29 is 59.3 Å². The Balaban J connectivity index is 3.26. The Morgan fingerprint density at radius 1 is 0.970 bits per heavy atom. The quantitative estimate of drug-likeness (QED) is 0.267. The third-order valence-electron chi connectivity index (χ3n) is 5.51. The van der Waals surface area contributed by atoms with E-state index in [-0.39, 0.29) is 18.4 Å². The summed E-state index contributed by atoms with van der Waals surface area (Å²) in [6.07, 6.45) is -18.6. The van der Waals surface area contributed by atoms with Crippen molar-refractivity contribution in [3.05, 3.63) is 12.2 Å². The molecule has 1 aliphatic rings. The molecule has 192 valence electrons. The largest absolute Gasteiger partial charge is 0.457 e. The maximum atomic E-state index is 14.6. The molecular weight excluding hydrogens is 472 g/mol. The molecule has 1 aliphatic carbocycles. The number of rotatable bonds is 9. The molecule has 0 aromatic rings. The van der Waals surface area contributed by atoms with Gasteiger partial charge in [-0.25, -0.2) is 9.59 Å². The highest BCUT2D eigenvalue weighted by atomic mass is 19.4. The van der Waals surface area contributed by atoms with Gasteiger partial charge < -0.3 is 14.6 Å². The van der Waals surface area contributed by atoms with Crippen molar-refractivity contribution in [3.8, 4) is 0 Å². The molecule has 33 heavy (non-hydrogen) atoms. The molecule has 1 rings (SSSR count). The predicted octanol–water partition coefficient (Wildman–Crippen LogP) is 5.26. The molecule has 0 saturated heterocycles. The standard InChI is InChI=1S/C20H26F8O5/c1-4-14(33-15(29)11(2)3)18(21,22)16(30)32-13(12-8-6-5-7-9-12)10-17(31,19(23,24)25)20(26,27)28/h12-14,31H,2,4-10H2,1,3H3. The SMILES string of the molecule is C=C(C)C(=O)OC(CC)C(F)(F)C(=O)OC(CC(O)(C(F)(F)F)C(F)(F)F)C1CCCCC1. The first-order valence-corrected chi connectivity index (χ1v) is 10.2. The highest BCUT2D eigenvalue weighted by Gasteiger charge is 2.71. The molecule has 0 aromatic heterocycles. The van der Waals surface area contributed by atoms with Gasteiger partial charge in [-0.3, -0.25) is 0 Å². The monoisotopic (exact) mass is 498 g/mol. The zero-order valence-corrected chi connectivity index (χ0v) is 18.0. The summed E-state index contributed by atoms with van der Waals surface area (Å²) in [5, 5.41) is 9.53. The second kappa shape index (κ2) is 10.6. The van der Waals surface area contributed by atoms with Crippen molar-refractivity contribution in [1.82, 2.24) is 0 Å². The number of ether oxygens (including phenoxy) is 2. The summed E-state index contributed by atoms with van der Waals surface area (Å²) < 4.78 is 117. The first-order chi connectivity index (χ1) is 14.9. The van der Waals surface area contributed by atoms with Crippen LogP contribution in [0.25, 0.3) is 0 Å². The van der Waals surface area contributed by atoms with E-state index in [9.17, 15) is 49.8 Å². The van der Waals surface area contributed by atoms with Crippen LogP contribution in [0.4, 0.5) is 35.1 Å². The van der Waals surface area contributed by atoms with Crippen LogP contribution >= 0.6 is 0 Å². The first kappa shape index (κ1) is 29.1. The Morgan fingerprint density at radius 3 is 1.85 bits per heavy atom. The third-order valence-corrected chi connectivity index (χ3v) is 5.51. The Hall–Kier alpha value is -1.92. The number of carbonyl (C=O) groups is 2. The summed E-state index contributed by atoms with van der Waals surface area (Å²) in [7, 11) is 0. The summed E-state index contributed by atoms with van der Waals surface area (Å²) in [5.41, 5.74) is -5.56. The van der Waals surface area contributed by atoms with E-state index in [4.69, 9.17) is 0 Å². The van der Waals surface area contributed by atoms with Crippen molar-refractivity contribution in [2.24, 2.45) is 5.92 Å². The van der Waals surface area contributed by atoms with Crippen LogP contribution in [0, 0.1) is 5.92 Å². The van der Waals surface area contributed by atoms with Crippen LogP contribution in [0.2, 0.25) is 0 Å². The van der Waals surface area contributed by atoms with Gasteiger partial charge in [0.15, 0.2) is 6.10 Å². The number of halogens is 8. The Morgan fingerprint density at radius 2 is 1.45 bits per heavy atom. The zero-order chi connectivity index (χ0) is 25.8. The van der Waals surface area contributed by atoms with Gasteiger partial charge in [-0.05, 0) is 32.1 Å². The molecule has 0 aromatic carbocycles. The van der Waals surface area contributed by atoms with Gasteiger partial charge in [0.2, 0.25) is 0 Å². The fourth-order valence-electron chi connectivity index (χ4n) is 3.48. The smallest absolute Gasteiger partial charge is 0.426 e. The number of alkyl halides is 8. The molecule has 1 saturated carbocycles. The number of aliphatic hydroxyl groups is 1. The molecule has 0 spiro atoms. The lowest BCUT2D eigenvalue weighted by Gasteiger charge is -2.38. The summed E-state index contributed by atoms with van der Waals surface area (Å²) in [6, 6.07) is 0. The van der Waals surface area contributed by atoms with Gasteiger partial charge in [-0.15, -0.1) is 0 Å². The molecule has 1 fully saturated rings. The van der Waals surface area contributed by atoms with Gasteiger partial charge in [-0.1, -0.05) is 32.8 Å². The van der Waals surface area contributed by atoms with E-state index in [0.29, 0.717) is 19.3 Å². The minimum absolute atomic E-state index is 0.0111. The first-order valence-electron chi connectivity index (χ1n) is 10.2. The normalized spacial score (nSPS) is 18.4. The van der Waals surface area contributed by atoms with Gasteiger partial charge in [0.25, 0.3) is 5.60 Å². The Labute approximate surface area is 185 Å². The minimum Gasteiger partial charge on any atom is -0.457 e. The van der Waals surface area contributed by atoms with Crippen molar-refractivity contribution in [2.75, 3.05) is 0 Å². The lowest BCUT2D eigenvalue weighted by molar-refractivity contribution is -0.375. The van der Waals surface area contributed by atoms with Crippen molar-refractivity contribution >= 4 is 11.9 Å². The second-order valence-electron chi connectivity index (χ2n) is 8.11. The van der Waals surface area contributed by atoms with Gasteiger partial charge >= 0.3 is 30.2 Å². The highest BCUT2D eigenvalue weighted by molar-refractivity contribution is 5.87. The molecule has 0 heterocycles. The average molecular weight is 498 g/mol. The number of hydrogen-bond donors (Lipinski definition) is 1. The molecule has 2 unspecified atom stereocenters.